The van der Waals surface area contributed by atoms with Crippen molar-refractivity contribution in [3.63, 3.8) is 0 Å². The van der Waals surface area contributed by atoms with E-state index in [1.807, 2.05) is 0 Å². The Morgan fingerprint density at radius 2 is 2.11 bits per heavy atom. The lowest BCUT2D eigenvalue weighted by Crippen LogP contribution is -2.50. The average Bonchev–Trinajstić information content (AvgIpc) is 2.26. The standard InChI is InChI=1S/C11H11ClFNO4S/c12-9-4-8(1-2-10(9)13)19(17,18)14-5-7(6-14)3-11(15)16/h1-2,4,7H,3,5-6H2,(H,15,16). The van der Waals surface area contributed by atoms with Crippen LogP contribution in [0, 0.1) is 11.7 Å². The maximum Gasteiger partial charge on any atom is 0.303 e. The molecule has 0 unspecified atom stereocenters. The van der Waals surface area contributed by atoms with Gasteiger partial charge >= 0.3 is 5.97 Å². The molecule has 0 aromatic heterocycles. The molecule has 0 radical (unpaired) electrons. The summed E-state index contributed by atoms with van der Waals surface area (Å²) in [5.74, 6) is -1.82. The van der Waals surface area contributed by atoms with Crippen LogP contribution in [0.5, 0.6) is 0 Å². The molecule has 0 saturated carbocycles. The number of aliphatic carboxylic acids is 1. The summed E-state index contributed by atoms with van der Waals surface area (Å²) in [6.45, 7) is 0.313. The first-order valence-electron chi connectivity index (χ1n) is 5.47. The topological polar surface area (TPSA) is 74.7 Å². The van der Waals surface area contributed by atoms with Gasteiger partial charge in [0.2, 0.25) is 10.0 Å². The largest absolute Gasteiger partial charge is 0.481 e. The normalized spacial score (nSPS) is 17.2. The summed E-state index contributed by atoms with van der Waals surface area (Å²) in [4.78, 5) is 10.4. The predicted octanol–water partition coefficient (Wildman–Crippen LogP) is 1.57. The van der Waals surface area contributed by atoms with Crippen LogP contribution in [-0.4, -0.2) is 36.9 Å². The van der Waals surface area contributed by atoms with Gasteiger partial charge in [-0.3, -0.25) is 4.79 Å². The SMILES string of the molecule is O=C(O)CC1CN(S(=O)(=O)c2ccc(F)c(Cl)c2)C1. The molecular formula is C11H11ClFNO4S. The van der Waals surface area contributed by atoms with E-state index in [9.17, 15) is 17.6 Å². The van der Waals surface area contributed by atoms with Gasteiger partial charge in [0.15, 0.2) is 0 Å². The maximum absolute atomic E-state index is 13.0. The molecule has 1 aliphatic rings. The highest BCUT2D eigenvalue weighted by molar-refractivity contribution is 7.89. The molecule has 1 aromatic rings. The summed E-state index contributed by atoms with van der Waals surface area (Å²) >= 11 is 5.55. The predicted molar refractivity (Wildman–Crippen MR) is 65.9 cm³/mol. The second kappa shape index (κ2) is 5.07. The highest BCUT2D eigenvalue weighted by atomic mass is 35.5. The molecule has 1 fully saturated rings. The van der Waals surface area contributed by atoms with Crippen molar-refractivity contribution in [2.45, 2.75) is 11.3 Å². The lowest BCUT2D eigenvalue weighted by atomic mass is 10.00. The van der Waals surface area contributed by atoms with Crippen LogP contribution in [0.15, 0.2) is 23.1 Å². The molecule has 0 atom stereocenters. The lowest BCUT2D eigenvalue weighted by molar-refractivity contribution is -0.139. The molecule has 5 nitrogen and oxygen atoms in total. The number of hydrogen-bond donors (Lipinski definition) is 1. The Balaban J connectivity index is 2.12. The van der Waals surface area contributed by atoms with Gasteiger partial charge in [0, 0.05) is 13.1 Å². The van der Waals surface area contributed by atoms with Gasteiger partial charge in [0.1, 0.15) is 5.82 Å². The first-order chi connectivity index (χ1) is 8.80. The molecule has 0 bridgehead atoms. The molecule has 1 aromatic carbocycles. The Labute approximate surface area is 114 Å². The fraction of sp³-hybridized carbons (Fsp3) is 0.364. The van der Waals surface area contributed by atoms with Crippen LogP contribution in [0.1, 0.15) is 6.42 Å². The number of carboxylic acid groups (broad SMARTS) is 1. The minimum Gasteiger partial charge on any atom is -0.481 e. The highest BCUT2D eigenvalue weighted by Gasteiger charge is 2.37. The summed E-state index contributed by atoms with van der Waals surface area (Å²) in [5, 5.41) is 8.33. The second-order valence-electron chi connectivity index (χ2n) is 4.36. The van der Waals surface area contributed by atoms with Crippen molar-refractivity contribution in [2.24, 2.45) is 5.92 Å². The first kappa shape index (κ1) is 14.2. The van der Waals surface area contributed by atoms with Gasteiger partial charge in [-0.05, 0) is 24.1 Å². The molecule has 1 aliphatic heterocycles. The summed E-state index contributed by atoms with van der Waals surface area (Å²) in [5.41, 5.74) is 0. The quantitative estimate of drug-likeness (QED) is 0.916. The summed E-state index contributed by atoms with van der Waals surface area (Å²) < 4.78 is 38.4. The number of hydrogen-bond acceptors (Lipinski definition) is 3. The number of carbonyl (C=O) groups is 1. The summed E-state index contributed by atoms with van der Waals surface area (Å²) in [7, 11) is -3.72. The van der Waals surface area contributed by atoms with Gasteiger partial charge in [-0.15, -0.1) is 0 Å². The van der Waals surface area contributed by atoms with Crippen molar-refractivity contribution in [1.82, 2.24) is 4.31 Å². The van der Waals surface area contributed by atoms with Crippen LogP contribution >= 0.6 is 11.6 Å². The van der Waals surface area contributed by atoms with E-state index >= 15 is 0 Å². The Bertz CT molecular complexity index is 613. The number of halogens is 2. The third kappa shape index (κ3) is 2.88. The van der Waals surface area contributed by atoms with Crippen LogP contribution in [0.25, 0.3) is 0 Å². The molecule has 2 rings (SSSR count). The Hall–Kier alpha value is -1.18. The van der Waals surface area contributed by atoms with Crippen molar-refractivity contribution in [2.75, 3.05) is 13.1 Å². The van der Waals surface area contributed by atoms with Gasteiger partial charge in [0.05, 0.1) is 16.3 Å². The van der Waals surface area contributed by atoms with Gasteiger partial charge in [-0.1, -0.05) is 11.6 Å². The van der Waals surface area contributed by atoms with Crippen molar-refractivity contribution in [3.05, 3.63) is 29.0 Å². The van der Waals surface area contributed by atoms with Crippen LogP contribution in [0.2, 0.25) is 5.02 Å². The summed E-state index contributed by atoms with van der Waals surface area (Å²) in [6.07, 6.45) is -0.0593. The second-order valence-corrected chi connectivity index (χ2v) is 6.71. The Morgan fingerprint density at radius 1 is 1.47 bits per heavy atom. The number of nitrogens with zero attached hydrogens (tertiary/aromatic N) is 1. The van der Waals surface area contributed by atoms with E-state index < -0.39 is 21.8 Å². The molecule has 0 amide bonds. The average molecular weight is 308 g/mol. The van der Waals surface area contributed by atoms with Crippen LogP contribution in [-0.2, 0) is 14.8 Å². The van der Waals surface area contributed by atoms with Gasteiger partial charge < -0.3 is 5.11 Å². The minimum absolute atomic E-state index is 0.0593. The van der Waals surface area contributed by atoms with E-state index in [0.717, 1.165) is 22.5 Å². The number of sulfonamides is 1. The smallest absolute Gasteiger partial charge is 0.303 e. The number of benzene rings is 1. The molecule has 1 heterocycles. The van der Waals surface area contributed by atoms with Crippen LogP contribution in [0.3, 0.4) is 0 Å². The third-order valence-corrected chi connectivity index (χ3v) is 5.03. The van der Waals surface area contributed by atoms with Gasteiger partial charge in [-0.25, -0.2) is 12.8 Å². The number of rotatable bonds is 4. The Morgan fingerprint density at radius 3 is 2.63 bits per heavy atom. The third-order valence-electron chi connectivity index (χ3n) is 2.92. The van der Waals surface area contributed by atoms with E-state index in [0.29, 0.717) is 0 Å². The Kier molecular flexibility index (Phi) is 3.80. The zero-order chi connectivity index (χ0) is 14.2. The molecule has 19 heavy (non-hydrogen) atoms. The van der Waals surface area contributed by atoms with E-state index in [1.165, 1.54) is 0 Å². The van der Waals surface area contributed by atoms with Crippen molar-refractivity contribution in [3.8, 4) is 0 Å². The van der Waals surface area contributed by atoms with Crippen LogP contribution < -0.4 is 0 Å². The summed E-state index contributed by atoms with van der Waals surface area (Å²) in [6, 6.07) is 3.18. The zero-order valence-electron chi connectivity index (χ0n) is 9.71. The van der Waals surface area contributed by atoms with E-state index in [4.69, 9.17) is 16.7 Å². The maximum atomic E-state index is 13.0. The molecule has 8 heteroatoms. The highest BCUT2D eigenvalue weighted by Crippen LogP contribution is 2.28. The van der Waals surface area contributed by atoms with Gasteiger partial charge in [0.25, 0.3) is 0 Å². The van der Waals surface area contributed by atoms with E-state index in [1.54, 1.807) is 0 Å². The fourth-order valence-corrected chi connectivity index (χ4v) is 3.75. The first-order valence-corrected chi connectivity index (χ1v) is 7.29. The zero-order valence-corrected chi connectivity index (χ0v) is 11.3. The molecule has 0 spiro atoms. The minimum atomic E-state index is -3.72. The molecule has 1 N–H and O–H groups in total. The molecular weight excluding hydrogens is 297 g/mol. The molecule has 1 saturated heterocycles. The van der Waals surface area contributed by atoms with Crippen LogP contribution in [0.4, 0.5) is 4.39 Å². The fourth-order valence-electron chi connectivity index (χ4n) is 1.88. The molecule has 104 valence electrons. The van der Waals surface area contributed by atoms with Crippen molar-refractivity contribution < 1.29 is 22.7 Å². The van der Waals surface area contributed by atoms with Crippen molar-refractivity contribution >= 4 is 27.6 Å². The van der Waals surface area contributed by atoms with E-state index in [2.05, 4.69) is 0 Å². The van der Waals surface area contributed by atoms with Gasteiger partial charge in [-0.2, -0.15) is 4.31 Å². The monoisotopic (exact) mass is 307 g/mol. The van der Waals surface area contributed by atoms with E-state index in [-0.39, 0.29) is 35.3 Å². The number of carboxylic acids is 1. The van der Waals surface area contributed by atoms with Crippen molar-refractivity contribution in [1.29, 1.82) is 0 Å². The lowest BCUT2D eigenvalue weighted by Gasteiger charge is -2.37. The molecule has 0 aliphatic carbocycles.